The minimum atomic E-state index is -3.56. The predicted octanol–water partition coefficient (Wildman–Crippen LogP) is 5.07. The molecule has 190 valence electrons. The first-order valence-corrected chi connectivity index (χ1v) is 14.2. The Morgan fingerprint density at radius 3 is 2.26 bits per heavy atom. The number of benzene rings is 2. The first-order chi connectivity index (χ1) is 16.5. The lowest BCUT2D eigenvalue weighted by atomic mass is 9.90. The SMILES string of the molecule is CN(C(=O)OC(C)(C)C)C1CN(c2ccc(S(=O)(=O)N3CCC(c4ccccc4)CC3)cc2Br)C1. The maximum absolute atomic E-state index is 13.3. The number of rotatable bonds is 5. The van der Waals surface area contributed by atoms with Crippen molar-refractivity contribution in [3.63, 3.8) is 0 Å². The minimum Gasteiger partial charge on any atom is -0.444 e. The van der Waals surface area contributed by atoms with Crippen LogP contribution in [0.1, 0.15) is 45.1 Å². The van der Waals surface area contributed by atoms with Gasteiger partial charge in [-0.1, -0.05) is 30.3 Å². The lowest BCUT2D eigenvalue weighted by Crippen LogP contribution is -2.60. The molecule has 2 aromatic rings. The number of ether oxygens (including phenoxy) is 1. The van der Waals surface area contributed by atoms with Crippen LogP contribution in [0.15, 0.2) is 57.9 Å². The van der Waals surface area contributed by atoms with Gasteiger partial charge in [-0.25, -0.2) is 13.2 Å². The van der Waals surface area contributed by atoms with Crippen molar-refractivity contribution in [1.82, 2.24) is 9.21 Å². The normalized spacial score (nSPS) is 18.3. The molecule has 2 fully saturated rings. The van der Waals surface area contributed by atoms with Crippen LogP contribution in [0.4, 0.5) is 10.5 Å². The van der Waals surface area contributed by atoms with E-state index in [2.05, 4.69) is 33.0 Å². The van der Waals surface area contributed by atoms with E-state index in [0.29, 0.717) is 37.0 Å². The molecule has 0 bridgehead atoms. The predicted molar refractivity (Wildman–Crippen MR) is 141 cm³/mol. The molecule has 0 unspecified atom stereocenters. The molecule has 7 nitrogen and oxygen atoms in total. The van der Waals surface area contributed by atoms with Crippen LogP contribution in [0.2, 0.25) is 0 Å². The van der Waals surface area contributed by atoms with Gasteiger partial charge in [-0.3, -0.25) is 0 Å². The van der Waals surface area contributed by atoms with Crippen LogP contribution in [0, 0.1) is 0 Å². The van der Waals surface area contributed by atoms with Crippen LogP contribution in [-0.4, -0.2) is 68.6 Å². The molecule has 4 rings (SSSR count). The summed E-state index contributed by atoms with van der Waals surface area (Å²) < 4.78 is 34.4. The molecule has 0 aromatic heterocycles. The standard InChI is InChI=1S/C26H34BrN3O4S/c1-26(2,3)34-25(31)28(4)21-17-29(18-21)24-11-10-22(16-23(24)27)35(32,33)30-14-12-20(13-15-30)19-8-6-5-7-9-19/h5-11,16,20-21H,12-15,17-18H2,1-4H3. The van der Waals surface area contributed by atoms with Crippen LogP contribution in [0.5, 0.6) is 0 Å². The Hall–Kier alpha value is -2.10. The highest BCUT2D eigenvalue weighted by molar-refractivity contribution is 9.10. The van der Waals surface area contributed by atoms with E-state index in [1.165, 1.54) is 5.56 Å². The van der Waals surface area contributed by atoms with Gasteiger partial charge in [0.25, 0.3) is 0 Å². The van der Waals surface area contributed by atoms with Crippen molar-refractivity contribution in [3.05, 3.63) is 58.6 Å². The monoisotopic (exact) mass is 563 g/mol. The van der Waals surface area contributed by atoms with Gasteiger partial charge in [0.2, 0.25) is 10.0 Å². The van der Waals surface area contributed by atoms with Gasteiger partial charge >= 0.3 is 6.09 Å². The summed E-state index contributed by atoms with van der Waals surface area (Å²) in [5.41, 5.74) is 1.66. The van der Waals surface area contributed by atoms with Crippen molar-refractivity contribution in [1.29, 1.82) is 0 Å². The Balaban J connectivity index is 1.36. The highest BCUT2D eigenvalue weighted by Crippen LogP contribution is 2.35. The number of anilines is 1. The average Bonchev–Trinajstić information content (AvgIpc) is 2.78. The first-order valence-electron chi connectivity index (χ1n) is 12.0. The van der Waals surface area contributed by atoms with Gasteiger partial charge < -0.3 is 14.5 Å². The summed E-state index contributed by atoms with van der Waals surface area (Å²) in [5, 5.41) is 0. The molecule has 2 aliphatic heterocycles. The number of amides is 1. The number of sulfonamides is 1. The molecule has 0 atom stereocenters. The Kier molecular flexibility index (Phi) is 7.50. The molecule has 0 aliphatic carbocycles. The molecule has 0 N–H and O–H groups in total. The molecule has 35 heavy (non-hydrogen) atoms. The van der Waals surface area contributed by atoms with Crippen LogP contribution in [0.25, 0.3) is 0 Å². The summed E-state index contributed by atoms with van der Waals surface area (Å²) >= 11 is 3.57. The van der Waals surface area contributed by atoms with E-state index >= 15 is 0 Å². The molecule has 2 aromatic carbocycles. The Labute approximate surface area is 217 Å². The van der Waals surface area contributed by atoms with Crippen molar-refractivity contribution in [2.75, 3.05) is 38.1 Å². The second-order valence-corrected chi connectivity index (χ2v) is 13.1. The van der Waals surface area contributed by atoms with Crippen LogP contribution in [0.3, 0.4) is 0 Å². The summed E-state index contributed by atoms with van der Waals surface area (Å²) in [6.07, 6.45) is 1.31. The molecule has 1 amide bonds. The van der Waals surface area contributed by atoms with E-state index in [-0.39, 0.29) is 12.1 Å². The largest absolute Gasteiger partial charge is 0.444 e. The summed E-state index contributed by atoms with van der Waals surface area (Å²) in [6, 6.07) is 15.6. The van der Waals surface area contributed by atoms with Crippen LogP contribution < -0.4 is 4.90 Å². The maximum atomic E-state index is 13.3. The average molecular weight is 565 g/mol. The summed E-state index contributed by atoms with van der Waals surface area (Å²) in [6.45, 7) is 7.91. The fraction of sp³-hybridized carbons (Fsp3) is 0.500. The van der Waals surface area contributed by atoms with Crippen molar-refractivity contribution in [2.24, 2.45) is 0 Å². The molecule has 2 saturated heterocycles. The molecule has 2 aliphatic rings. The van der Waals surface area contributed by atoms with Gasteiger partial charge in [0, 0.05) is 37.7 Å². The Morgan fingerprint density at radius 2 is 1.69 bits per heavy atom. The number of halogens is 1. The number of piperidine rings is 1. The van der Waals surface area contributed by atoms with Gasteiger partial charge in [0.05, 0.1) is 16.6 Å². The second-order valence-electron chi connectivity index (χ2n) is 10.4. The van der Waals surface area contributed by atoms with E-state index in [0.717, 1.165) is 23.0 Å². The quantitative estimate of drug-likeness (QED) is 0.507. The third kappa shape index (κ3) is 5.84. The number of hydrogen-bond donors (Lipinski definition) is 0. The summed E-state index contributed by atoms with van der Waals surface area (Å²) in [5.74, 6) is 0.398. The molecule has 0 spiro atoms. The fourth-order valence-corrected chi connectivity index (χ4v) is 6.87. The zero-order valence-electron chi connectivity index (χ0n) is 20.8. The van der Waals surface area contributed by atoms with E-state index in [1.54, 1.807) is 28.4 Å². The molecule has 2 heterocycles. The van der Waals surface area contributed by atoms with Gasteiger partial charge in [-0.2, -0.15) is 4.31 Å². The number of hydrogen-bond acceptors (Lipinski definition) is 5. The number of likely N-dealkylation sites (N-methyl/N-ethyl adjacent to an activating group) is 1. The maximum Gasteiger partial charge on any atom is 0.410 e. The van der Waals surface area contributed by atoms with Crippen molar-refractivity contribution in [3.8, 4) is 0 Å². The van der Waals surface area contributed by atoms with E-state index < -0.39 is 15.6 Å². The van der Waals surface area contributed by atoms with E-state index in [9.17, 15) is 13.2 Å². The highest BCUT2D eigenvalue weighted by atomic mass is 79.9. The smallest absolute Gasteiger partial charge is 0.410 e. The molecular weight excluding hydrogens is 530 g/mol. The van der Waals surface area contributed by atoms with Gasteiger partial charge in [0.1, 0.15) is 5.60 Å². The van der Waals surface area contributed by atoms with Crippen molar-refractivity contribution < 1.29 is 17.9 Å². The molecular formula is C26H34BrN3O4S. The lowest BCUT2D eigenvalue weighted by molar-refractivity contribution is 0.0197. The third-order valence-corrected chi connectivity index (χ3v) is 9.24. The topological polar surface area (TPSA) is 70.2 Å². The van der Waals surface area contributed by atoms with E-state index in [1.807, 2.05) is 45.0 Å². The summed E-state index contributed by atoms with van der Waals surface area (Å²) in [4.78, 5) is 16.4. The number of carbonyl (C=O) groups excluding carboxylic acids is 1. The lowest BCUT2D eigenvalue weighted by Gasteiger charge is -2.45. The van der Waals surface area contributed by atoms with Crippen LogP contribution in [-0.2, 0) is 14.8 Å². The second kappa shape index (κ2) is 10.1. The van der Waals surface area contributed by atoms with Crippen molar-refractivity contribution >= 4 is 37.7 Å². The van der Waals surface area contributed by atoms with Gasteiger partial charge in [0.15, 0.2) is 0 Å². The highest BCUT2D eigenvalue weighted by Gasteiger charge is 2.36. The Bertz CT molecular complexity index is 1150. The molecule has 0 radical (unpaired) electrons. The first kappa shape index (κ1) is 26.0. The zero-order chi connectivity index (χ0) is 25.4. The van der Waals surface area contributed by atoms with Crippen molar-refractivity contribution in [2.45, 2.75) is 56.1 Å². The minimum absolute atomic E-state index is 0.0473. The molecule has 9 heteroatoms. The van der Waals surface area contributed by atoms with Gasteiger partial charge in [-0.15, -0.1) is 0 Å². The van der Waals surface area contributed by atoms with Gasteiger partial charge in [-0.05, 0) is 79.2 Å². The third-order valence-electron chi connectivity index (χ3n) is 6.71. The zero-order valence-corrected chi connectivity index (χ0v) is 23.2. The number of nitrogens with zero attached hydrogens (tertiary/aromatic N) is 3. The van der Waals surface area contributed by atoms with E-state index in [4.69, 9.17) is 4.74 Å². The summed E-state index contributed by atoms with van der Waals surface area (Å²) in [7, 11) is -1.81. The Morgan fingerprint density at radius 1 is 1.06 bits per heavy atom. The molecule has 0 saturated carbocycles. The fourth-order valence-electron chi connectivity index (χ4n) is 4.59. The van der Waals surface area contributed by atoms with Crippen LogP contribution >= 0.6 is 15.9 Å². The number of carbonyl (C=O) groups is 1.